The fourth-order valence-electron chi connectivity index (χ4n) is 3.30. The number of hydrogen-bond acceptors (Lipinski definition) is 6. The highest BCUT2D eigenvalue weighted by atomic mass is 32.1. The van der Waals surface area contributed by atoms with Crippen LogP contribution in [0.4, 0.5) is 0 Å². The maximum Gasteiger partial charge on any atom is 0.235 e. The van der Waals surface area contributed by atoms with Crippen LogP contribution in [0, 0.1) is 0 Å². The number of rotatable bonds is 5. The summed E-state index contributed by atoms with van der Waals surface area (Å²) >= 11 is 1.55. The van der Waals surface area contributed by atoms with E-state index in [1.54, 1.807) is 18.4 Å². The van der Waals surface area contributed by atoms with Crippen LogP contribution in [0.15, 0.2) is 24.3 Å². The topological polar surface area (TPSA) is 55.6 Å². The predicted molar refractivity (Wildman–Crippen MR) is 104 cm³/mol. The van der Waals surface area contributed by atoms with E-state index in [-0.39, 0.29) is 0 Å². The fourth-order valence-corrected chi connectivity index (χ4v) is 4.06. The Morgan fingerprint density at radius 2 is 1.88 bits per heavy atom. The number of benzene rings is 1. The van der Waals surface area contributed by atoms with Gasteiger partial charge in [-0.25, -0.2) is 0 Å². The number of likely N-dealkylation sites (tertiary alicyclic amines) is 1. The summed E-state index contributed by atoms with van der Waals surface area (Å²) in [7, 11) is 1.69. The van der Waals surface area contributed by atoms with Gasteiger partial charge in [0.25, 0.3) is 0 Å². The molecule has 0 bridgehead atoms. The summed E-state index contributed by atoms with van der Waals surface area (Å²) in [5, 5.41) is 14.2. The molecule has 0 saturated carbocycles. The monoisotopic (exact) mass is 369 g/mol. The Hall–Kier alpha value is -2.25. The normalized spacial score (nSPS) is 16.3. The first-order chi connectivity index (χ1) is 12.8. The quantitative estimate of drug-likeness (QED) is 0.686. The molecule has 7 heteroatoms. The summed E-state index contributed by atoms with van der Waals surface area (Å²) in [4.78, 5) is 3.31. The molecule has 3 heterocycles. The van der Waals surface area contributed by atoms with Crippen LogP contribution in [0.5, 0.6) is 5.75 Å². The van der Waals surface area contributed by atoms with E-state index in [1.807, 2.05) is 40.9 Å². The lowest BCUT2D eigenvalue weighted by molar-refractivity contribution is 0.268. The first kappa shape index (κ1) is 17.2. The van der Waals surface area contributed by atoms with Crippen LogP contribution in [-0.4, -0.2) is 44.9 Å². The summed E-state index contributed by atoms with van der Waals surface area (Å²) in [6.07, 6.45) is 9.24. The SMILES string of the molecule is COc1ccccc1C=Cc1nn2c(CN3CCCCCC3)nnc2s1. The molecule has 6 nitrogen and oxygen atoms in total. The minimum absolute atomic E-state index is 0.820. The number of fused-ring (bicyclic) bond motifs is 1. The van der Waals surface area contributed by atoms with Gasteiger partial charge < -0.3 is 4.74 Å². The molecule has 136 valence electrons. The Bertz CT molecular complexity index is 892. The van der Waals surface area contributed by atoms with Gasteiger partial charge in [-0.1, -0.05) is 42.4 Å². The van der Waals surface area contributed by atoms with Crippen molar-refractivity contribution in [3.63, 3.8) is 0 Å². The first-order valence-corrected chi connectivity index (χ1v) is 9.90. The molecule has 2 aromatic heterocycles. The molecule has 0 radical (unpaired) electrons. The van der Waals surface area contributed by atoms with Crippen molar-refractivity contribution in [2.24, 2.45) is 0 Å². The molecule has 0 atom stereocenters. The van der Waals surface area contributed by atoms with Gasteiger partial charge in [-0.05, 0) is 44.1 Å². The van der Waals surface area contributed by atoms with Gasteiger partial charge in [0.15, 0.2) is 5.82 Å². The molecule has 3 aromatic rings. The number of nitrogens with zero attached hydrogens (tertiary/aromatic N) is 5. The van der Waals surface area contributed by atoms with Gasteiger partial charge >= 0.3 is 0 Å². The molecule has 0 spiro atoms. The number of para-hydroxylation sites is 1. The third-order valence-corrected chi connectivity index (χ3v) is 5.54. The molecule has 1 aromatic carbocycles. The Balaban J connectivity index is 1.53. The van der Waals surface area contributed by atoms with E-state index >= 15 is 0 Å². The van der Waals surface area contributed by atoms with Crippen molar-refractivity contribution in [3.8, 4) is 5.75 Å². The molecule has 4 rings (SSSR count). The fraction of sp³-hybridized carbons (Fsp3) is 0.421. The van der Waals surface area contributed by atoms with Crippen LogP contribution in [-0.2, 0) is 6.54 Å². The van der Waals surface area contributed by atoms with E-state index in [0.717, 1.165) is 46.7 Å². The summed E-state index contributed by atoms with van der Waals surface area (Å²) in [5.74, 6) is 1.78. The van der Waals surface area contributed by atoms with Gasteiger partial charge in [0.1, 0.15) is 10.8 Å². The van der Waals surface area contributed by atoms with Crippen molar-refractivity contribution >= 4 is 28.4 Å². The van der Waals surface area contributed by atoms with Gasteiger partial charge in [-0.3, -0.25) is 4.90 Å². The first-order valence-electron chi connectivity index (χ1n) is 9.08. The molecule has 0 N–H and O–H groups in total. The van der Waals surface area contributed by atoms with Crippen LogP contribution in [0.3, 0.4) is 0 Å². The van der Waals surface area contributed by atoms with Gasteiger partial charge in [-0.15, -0.1) is 10.2 Å². The molecule has 26 heavy (non-hydrogen) atoms. The highest BCUT2D eigenvalue weighted by Gasteiger charge is 2.15. The summed E-state index contributed by atoms with van der Waals surface area (Å²) in [6.45, 7) is 3.10. The van der Waals surface area contributed by atoms with Crippen molar-refractivity contribution in [2.45, 2.75) is 32.2 Å². The second-order valence-corrected chi connectivity index (χ2v) is 7.50. The molecule has 1 aliphatic rings. The molecular formula is C19H23N5OS. The van der Waals surface area contributed by atoms with E-state index in [1.165, 1.54) is 25.7 Å². The second-order valence-electron chi connectivity index (χ2n) is 6.52. The Labute approximate surface area is 157 Å². The highest BCUT2D eigenvalue weighted by Crippen LogP contribution is 2.22. The molecule has 0 unspecified atom stereocenters. The highest BCUT2D eigenvalue weighted by molar-refractivity contribution is 7.17. The van der Waals surface area contributed by atoms with Gasteiger partial charge in [-0.2, -0.15) is 9.61 Å². The van der Waals surface area contributed by atoms with Crippen LogP contribution in [0.25, 0.3) is 17.1 Å². The lowest BCUT2D eigenvalue weighted by Crippen LogP contribution is -2.25. The molecule has 1 aliphatic heterocycles. The number of ether oxygens (including phenoxy) is 1. The van der Waals surface area contributed by atoms with Crippen molar-refractivity contribution in [3.05, 3.63) is 40.7 Å². The Kier molecular flexibility index (Phi) is 5.26. The van der Waals surface area contributed by atoms with Crippen LogP contribution in [0.2, 0.25) is 0 Å². The lowest BCUT2D eigenvalue weighted by atomic mass is 10.2. The van der Waals surface area contributed by atoms with Crippen molar-refractivity contribution in [1.29, 1.82) is 0 Å². The zero-order chi connectivity index (χ0) is 17.8. The predicted octanol–water partition coefficient (Wildman–Crippen LogP) is 3.74. The number of hydrogen-bond donors (Lipinski definition) is 0. The minimum Gasteiger partial charge on any atom is -0.496 e. The molecule has 1 saturated heterocycles. The lowest BCUT2D eigenvalue weighted by Gasteiger charge is -2.17. The second kappa shape index (κ2) is 7.97. The van der Waals surface area contributed by atoms with E-state index in [4.69, 9.17) is 4.74 Å². The van der Waals surface area contributed by atoms with Crippen molar-refractivity contribution in [2.75, 3.05) is 20.2 Å². The minimum atomic E-state index is 0.820. The number of aromatic nitrogens is 4. The van der Waals surface area contributed by atoms with Gasteiger partial charge in [0, 0.05) is 5.56 Å². The maximum atomic E-state index is 5.39. The van der Waals surface area contributed by atoms with Gasteiger partial charge in [0.05, 0.1) is 13.7 Å². The smallest absolute Gasteiger partial charge is 0.235 e. The van der Waals surface area contributed by atoms with Crippen molar-refractivity contribution < 1.29 is 4.74 Å². The zero-order valence-electron chi connectivity index (χ0n) is 15.0. The zero-order valence-corrected chi connectivity index (χ0v) is 15.8. The average molecular weight is 369 g/mol. The van der Waals surface area contributed by atoms with E-state index in [2.05, 4.69) is 20.2 Å². The molecule has 0 aliphatic carbocycles. The van der Waals surface area contributed by atoms with E-state index in [9.17, 15) is 0 Å². The van der Waals surface area contributed by atoms with Crippen LogP contribution < -0.4 is 4.74 Å². The molecule has 0 amide bonds. The third kappa shape index (κ3) is 3.78. The number of methoxy groups -OCH3 is 1. The van der Waals surface area contributed by atoms with Crippen molar-refractivity contribution in [1.82, 2.24) is 24.7 Å². The van der Waals surface area contributed by atoms with E-state index in [0.29, 0.717) is 0 Å². The summed E-state index contributed by atoms with van der Waals surface area (Å²) in [6, 6.07) is 7.95. The summed E-state index contributed by atoms with van der Waals surface area (Å²) in [5.41, 5.74) is 1.03. The molecule has 1 fully saturated rings. The van der Waals surface area contributed by atoms with Crippen LogP contribution >= 0.6 is 11.3 Å². The largest absolute Gasteiger partial charge is 0.496 e. The summed E-state index contributed by atoms with van der Waals surface area (Å²) < 4.78 is 7.28. The maximum absolute atomic E-state index is 5.39. The Morgan fingerprint density at radius 3 is 2.69 bits per heavy atom. The Morgan fingerprint density at radius 1 is 1.08 bits per heavy atom. The molecular weight excluding hydrogens is 346 g/mol. The standard InChI is InChI=1S/C19H23N5OS/c1-25-16-9-5-4-8-15(16)10-11-18-22-24-17(20-21-19(24)26-18)14-23-12-6-2-3-7-13-23/h4-5,8-11H,2-3,6-7,12-14H2,1H3. The van der Waals surface area contributed by atoms with Crippen LogP contribution in [0.1, 0.15) is 42.1 Å². The van der Waals surface area contributed by atoms with Gasteiger partial charge in [0.2, 0.25) is 4.96 Å². The third-order valence-electron chi connectivity index (χ3n) is 4.68. The average Bonchev–Trinajstić information content (AvgIpc) is 3.13. The van der Waals surface area contributed by atoms with E-state index < -0.39 is 0 Å².